The van der Waals surface area contributed by atoms with Gasteiger partial charge in [0.25, 0.3) is 0 Å². The summed E-state index contributed by atoms with van der Waals surface area (Å²) in [4.78, 5) is 2.61. The number of para-hydroxylation sites is 4. The monoisotopic (exact) mass is 1240 g/mol. The highest BCUT2D eigenvalue weighted by atomic mass is 32.1. The van der Waals surface area contributed by atoms with E-state index in [1.807, 2.05) is 22.7 Å². The summed E-state index contributed by atoms with van der Waals surface area (Å²) in [5, 5.41) is 12.9. The molecule has 18 aromatic rings. The molecule has 0 amide bonds. The van der Waals surface area contributed by atoms with E-state index >= 15 is 0 Å². The summed E-state index contributed by atoms with van der Waals surface area (Å²) in [5.74, 6) is 0.206. The van der Waals surface area contributed by atoms with Crippen LogP contribution >= 0.6 is 22.7 Å². The van der Waals surface area contributed by atoms with E-state index < -0.39 is 0 Å². The van der Waals surface area contributed by atoms with Crippen molar-refractivity contribution in [1.82, 2.24) is 13.7 Å². The number of aryl methyl sites for hydroxylation is 1. The Labute approximate surface area is 551 Å². The Balaban J connectivity index is 0.656. The zero-order chi connectivity index (χ0) is 61.9. The Bertz CT molecular complexity index is 6280. The van der Waals surface area contributed by atoms with Gasteiger partial charge in [0, 0.05) is 120 Å². The second-order valence-electron chi connectivity index (χ2n) is 25.5. The van der Waals surface area contributed by atoms with Crippen LogP contribution in [0, 0.1) is 0 Å². The van der Waals surface area contributed by atoms with E-state index in [1.165, 1.54) is 184 Å². The molecular weight excluding hydrogens is 1180 g/mol. The summed E-state index contributed by atoms with van der Waals surface area (Å²) < 4.78 is 12.6. The Kier molecular flexibility index (Phi) is 11.8. The summed E-state index contributed by atoms with van der Waals surface area (Å²) in [7, 11) is 0. The van der Waals surface area contributed by atoms with Crippen LogP contribution in [-0.2, 0) is 6.54 Å². The highest BCUT2D eigenvalue weighted by Crippen LogP contribution is 2.51. The number of likely N-dealkylation sites (N-methyl/N-ethyl adjacent to an activating group) is 1. The van der Waals surface area contributed by atoms with Gasteiger partial charge in [-0.2, -0.15) is 0 Å². The van der Waals surface area contributed by atoms with E-state index in [1.54, 1.807) is 0 Å². The van der Waals surface area contributed by atoms with Crippen LogP contribution in [0.2, 0.25) is 0 Å². The number of nitrogens with zero attached hydrogens (tertiary/aromatic N) is 4. The summed E-state index contributed by atoms with van der Waals surface area (Å²) in [5.41, 5.74) is 25.1. The van der Waals surface area contributed by atoms with Gasteiger partial charge < -0.3 is 18.6 Å². The summed E-state index contributed by atoms with van der Waals surface area (Å²) in [6.07, 6.45) is 7.48. The molecule has 0 fully saturated rings. The van der Waals surface area contributed by atoms with Gasteiger partial charge in [0.15, 0.2) is 0 Å². The third-order valence-electron chi connectivity index (χ3n) is 20.8. The highest BCUT2D eigenvalue weighted by molar-refractivity contribution is 7.27. The summed E-state index contributed by atoms with van der Waals surface area (Å²) >= 11 is 3.87. The lowest BCUT2D eigenvalue weighted by atomic mass is 9.85. The van der Waals surface area contributed by atoms with E-state index in [0.29, 0.717) is 0 Å². The van der Waals surface area contributed by atoms with Gasteiger partial charge in [0.1, 0.15) is 0 Å². The third kappa shape index (κ3) is 7.84. The van der Waals surface area contributed by atoms with Crippen molar-refractivity contribution in [2.75, 3.05) is 11.4 Å². The molecule has 0 radical (unpaired) electrons. The van der Waals surface area contributed by atoms with E-state index in [2.05, 4.69) is 324 Å². The molecule has 444 valence electrons. The van der Waals surface area contributed by atoms with E-state index in [4.69, 9.17) is 0 Å². The Morgan fingerprint density at radius 1 is 0.319 bits per heavy atom. The second kappa shape index (κ2) is 20.7. The molecule has 2 unspecified atom stereocenters. The maximum Gasteiger partial charge on any atom is 0.0580 e. The van der Waals surface area contributed by atoms with Crippen LogP contribution in [0.3, 0.4) is 0 Å². The topological polar surface area (TPSA) is 18.0 Å². The van der Waals surface area contributed by atoms with E-state index in [-0.39, 0.29) is 12.0 Å². The Hall–Kier alpha value is -11.0. The largest absolute Gasteiger partial charge is 0.364 e. The molecule has 6 heterocycles. The average molecular weight is 1240 g/mol. The first-order valence-electron chi connectivity index (χ1n) is 33.0. The number of hydrogen-bond acceptors (Lipinski definition) is 3. The van der Waals surface area contributed by atoms with Gasteiger partial charge in [-0.05, 0) is 172 Å². The molecule has 20 rings (SSSR count). The zero-order valence-corrected chi connectivity index (χ0v) is 53.5. The molecule has 0 spiro atoms. The smallest absolute Gasteiger partial charge is 0.0580 e. The highest BCUT2D eigenvalue weighted by Gasteiger charge is 2.37. The quantitative estimate of drug-likeness (QED) is 0.141. The van der Waals surface area contributed by atoms with Crippen molar-refractivity contribution in [2.24, 2.45) is 0 Å². The van der Waals surface area contributed by atoms with Gasteiger partial charge in [0.2, 0.25) is 0 Å². The Morgan fingerprint density at radius 2 is 0.713 bits per heavy atom. The molecule has 1 aliphatic carbocycles. The lowest BCUT2D eigenvalue weighted by molar-refractivity contribution is 0.690. The van der Waals surface area contributed by atoms with Crippen molar-refractivity contribution in [2.45, 2.75) is 32.4 Å². The standard InChI is InChI=1S/C88H60N4S2/c1-3-89-77-41-35-53(47-73(77)75-51-55(37-43-79(75)89)61-25-15-29-67-69-31-17-27-63(87(69)93-85(61)67)57-39-45-83-71(49-57)65-23-11-13-33-81(65)91(83)59-19-7-5-8-20-59)54-36-42-78-74(48-54)76-52-56(38-44-80(76)90(78)4-2)62-26-16-30-68-70-32-18-28-64(88(70)94-86(62)68)58-40-46-84-72(50-58)66-24-12-14-34-82(66)92(84)60-21-9-6-10-22-60/h5-52,75,79H,3-4H2,1-2H3. The van der Waals surface area contributed by atoms with Crippen molar-refractivity contribution in [1.29, 1.82) is 0 Å². The lowest BCUT2D eigenvalue weighted by Gasteiger charge is -2.28. The predicted molar refractivity (Wildman–Crippen MR) is 404 cm³/mol. The number of allylic oxidation sites excluding steroid dienone is 2. The summed E-state index contributed by atoms with van der Waals surface area (Å²) in [6, 6.07) is 103. The van der Waals surface area contributed by atoms with E-state index in [9.17, 15) is 0 Å². The Morgan fingerprint density at radius 3 is 1.21 bits per heavy atom. The number of aromatic nitrogens is 3. The van der Waals surface area contributed by atoms with Gasteiger partial charge in [-0.1, -0.05) is 194 Å². The van der Waals surface area contributed by atoms with Gasteiger partial charge >= 0.3 is 0 Å². The lowest BCUT2D eigenvalue weighted by Crippen LogP contribution is -2.32. The van der Waals surface area contributed by atoms with Crippen LogP contribution in [0.5, 0.6) is 0 Å². The van der Waals surface area contributed by atoms with Gasteiger partial charge in [-0.15, -0.1) is 22.7 Å². The molecule has 0 saturated carbocycles. The first-order valence-corrected chi connectivity index (χ1v) is 34.6. The molecular formula is C88H60N4S2. The molecule has 2 aliphatic rings. The molecule has 0 bridgehead atoms. The van der Waals surface area contributed by atoms with Crippen molar-refractivity contribution < 1.29 is 0 Å². The van der Waals surface area contributed by atoms with Crippen molar-refractivity contribution in [3.63, 3.8) is 0 Å². The van der Waals surface area contributed by atoms with E-state index in [0.717, 1.165) is 13.1 Å². The molecule has 1 aliphatic heterocycles. The molecule has 6 heteroatoms. The van der Waals surface area contributed by atoms with Crippen LogP contribution in [0.4, 0.5) is 5.69 Å². The van der Waals surface area contributed by atoms with Gasteiger partial charge in [-0.3, -0.25) is 0 Å². The van der Waals surface area contributed by atoms with Crippen molar-refractivity contribution in [3.8, 4) is 55.9 Å². The maximum atomic E-state index is 2.61. The minimum absolute atomic E-state index is 0.206. The fourth-order valence-electron chi connectivity index (χ4n) is 16.6. The molecule has 0 saturated heterocycles. The molecule has 13 aromatic carbocycles. The molecule has 5 aromatic heterocycles. The van der Waals surface area contributed by atoms with Gasteiger partial charge in [0.05, 0.1) is 28.1 Å². The number of anilines is 1. The zero-order valence-electron chi connectivity index (χ0n) is 51.9. The van der Waals surface area contributed by atoms with Crippen LogP contribution in [0.25, 0.3) is 167 Å². The third-order valence-corrected chi connectivity index (χ3v) is 23.4. The SMILES string of the molecule is CCN1c2ccc(-c3ccc4c(c3)c3cc(-c5cccc6c5sc5c(-c7ccc8c(c7)c7ccccc7n8-c7ccccc7)cccc56)ccc3n4CC)cc2C2C=C(c3cccc4c3sc3c(-c5ccc6c(c5)c5ccccc5n6-c5ccccc5)cccc34)C=CC21. The second-order valence-corrected chi connectivity index (χ2v) is 27.6. The van der Waals surface area contributed by atoms with Crippen LogP contribution in [0.1, 0.15) is 30.9 Å². The minimum atomic E-state index is 0.206. The fourth-order valence-corrected chi connectivity index (χ4v) is 19.3. The maximum absolute atomic E-state index is 2.61. The molecule has 0 N–H and O–H groups in total. The molecule has 94 heavy (non-hydrogen) atoms. The van der Waals surface area contributed by atoms with Gasteiger partial charge in [-0.25, -0.2) is 0 Å². The molecule has 2 atom stereocenters. The number of benzene rings is 13. The first-order chi connectivity index (χ1) is 46.5. The number of thiophene rings is 2. The van der Waals surface area contributed by atoms with Crippen molar-refractivity contribution in [3.05, 3.63) is 302 Å². The molecule has 4 nitrogen and oxygen atoms in total. The van der Waals surface area contributed by atoms with Crippen LogP contribution in [-0.4, -0.2) is 26.3 Å². The fraction of sp³-hybridized carbons (Fsp3) is 0.0682. The van der Waals surface area contributed by atoms with Crippen LogP contribution in [0.15, 0.2) is 291 Å². The minimum Gasteiger partial charge on any atom is -0.364 e. The number of fused-ring (bicyclic) bond motifs is 18. The number of hydrogen-bond donors (Lipinski definition) is 0. The van der Waals surface area contributed by atoms with Crippen molar-refractivity contribution >= 4 is 140 Å². The predicted octanol–water partition coefficient (Wildman–Crippen LogP) is 24.4. The first kappa shape index (κ1) is 53.6. The normalized spacial score (nSPS) is 14.8. The summed E-state index contributed by atoms with van der Waals surface area (Å²) in [6.45, 7) is 6.41. The average Bonchev–Trinajstić information content (AvgIpc) is 1.63. The van der Waals surface area contributed by atoms with Crippen LogP contribution < -0.4 is 4.90 Å². The number of rotatable bonds is 9.